The van der Waals surface area contributed by atoms with Crippen LogP contribution in [-0.4, -0.2) is 33.2 Å². The Hall–Kier alpha value is -1.26. The van der Waals surface area contributed by atoms with Crippen molar-refractivity contribution in [3.8, 4) is 5.75 Å². The lowest BCUT2D eigenvalue weighted by Crippen LogP contribution is -2.26. The molecule has 19 heavy (non-hydrogen) atoms. The second-order valence-electron chi connectivity index (χ2n) is 4.12. The first-order chi connectivity index (χ1) is 8.77. The van der Waals surface area contributed by atoms with Crippen molar-refractivity contribution in [2.75, 3.05) is 27.2 Å². The minimum absolute atomic E-state index is 0. The van der Waals surface area contributed by atoms with Crippen LogP contribution < -0.4 is 15.4 Å². The van der Waals surface area contributed by atoms with Crippen LogP contribution >= 0.6 is 12.4 Å². The fourth-order valence-electron chi connectivity index (χ4n) is 1.76. The van der Waals surface area contributed by atoms with Crippen LogP contribution in [-0.2, 0) is 11.2 Å². The Morgan fingerprint density at radius 3 is 2.68 bits per heavy atom. The predicted molar refractivity (Wildman–Crippen MR) is 80.1 cm³/mol. The molecule has 4 nitrogen and oxygen atoms in total. The van der Waals surface area contributed by atoms with Gasteiger partial charge in [-0.2, -0.15) is 0 Å². The minimum atomic E-state index is 0. The van der Waals surface area contributed by atoms with E-state index < -0.39 is 0 Å². The van der Waals surface area contributed by atoms with Gasteiger partial charge < -0.3 is 15.4 Å². The maximum Gasteiger partial charge on any atom is 0.220 e. The Morgan fingerprint density at radius 1 is 1.26 bits per heavy atom. The van der Waals surface area contributed by atoms with E-state index in [9.17, 15) is 4.79 Å². The van der Waals surface area contributed by atoms with Crippen LogP contribution in [0.2, 0.25) is 0 Å². The van der Waals surface area contributed by atoms with Gasteiger partial charge in [0.05, 0.1) is 7.11 Å². The van der Waals surface area contributed by atoms with Crippen molar-refractivity contribution in [3.63, 3.8) is 0 Å². The number of rotatable bonds is 8. The standard InChI is InChI=1S/C14H22N2O2.ClH/c1-15-10-5-8-14(17)16-11-9-12-6-3-4-7-13(12)18-2;/h3-4,6-7,15H,5,8-11H2,1-2H3,(H,16,17);1H. The molecule has 0 saturated heterocycles. The van der Waals surface area contributed by atoms with Crippen molar-refractivity contribution in [3.05, 3.63) is 29.8 Å². The van der Waals surface area contributed by atoms with Gasteiger partial charge in [-0.3, -0.25) is 4.79 Å². The summed E-state index contributed by atoms with van der Waals surface area (Å²) < 4.78 is 5.26. The minimum Gasteiger partial charge on any atom is -0.496 e. The molecule has 1 aromatic carbocycles. The van der Waals surface area contributed by atoms with E-state index >= 15 is 0 Å². The molecule has 0 atom stereocenters. The maximum absolute atomic E-state index is 11.5. The van der Waals surface area contributed by atoms with Gasteiger partial charge in [0.15, 0.2) is 0 Å². The summed E-state index contributed by atoms with van der Waals surface area (Å²) in [5.74, 6) is 0.988. The molecule has 5 heteroatoms. The average Bonchev–Trinajstić information content (AvgIpc) is 2.39. The summed E-state index contributed by atoms with van der Waals surface area (Å²) in [7, 11) is 3.55. The van der Waals surface area contributed by atoms with E-state index in [-0.39, 0.29) is 18.3 Å². The molecule has 0 heterocycles. The van der Waals surface area contributed by atoms with Crippen LogP contribution in [0, 0.1) is 0 Å². The van der Waals surface area contributed by atoms with E-state index in [2.05, 4.69) is 10.6 Å². The van der Waals surface area contributed by atoms with Gasteiger partial charge in [-0.15, -0.1) is 12.4 Å². The van der Waals surface area contributed by atoms with Crippen LogP contribution in [0.5, 0.6) is 5.75 Å². The molecule has 0 bridgehead atoms. The Balaban J connectivity index is 0.00000324. The second kappa shape index (κ2) is 10.6. The highest BCUT2D eigenvalue weighted by Crippen LogP contribution is 2.17. The van der Waals surface area contributed by atoms with E-state index in [1.807, 2.05) is 31.3 Å². The van der Waals surface area contributed by atoms with Gasteiger partial charge in [0, 0.05) is 13.0 Å². The zero-order valence-electron chi connectivity index (χ0n) is 11.6. The summed E-state index contributed by atoms with van der Waals surface area (Å²) in [6.07, 6.45) is 2.24. The Kier molecular flexibility index (Phi) is 9.94. The van der Waals surface area contributed by atoms with Crippen LogP contribution in [0.3, 0.4) is 0 Å². The van der Waals surface area contributed by atoms with Crippen LogP contribution in [0.4, 0.5) is 0 Å². The van der Waals surface area contributed by atoms with Crippen molar-refractivity contribution in [2.24, 2.45) is 0 Å². The molecule has 1 rings (SSSR count). The van der Waals surface area contributed by atoms with Gasteiger partial charge in [0.2, 0.25) is 5.91 Å². The van der Waals surface area contributed by atoms with Gasteiger partial charge in [0.1, 0.15) is 5.75 Å². The van der Waals surface area contributed by atoms with Crippen molar-refractivity contribution in [1.29, 1.82) is 0 Å². The third-order valence-electron chi connectivity index (χ3n) is 2.74. The number of benzene rings is 1. The van der Waals surface area contributed by atoms with E-state index in [1.54, 1.807) is 7.11 Å². The topological polar surface area (TPSA) is 50.4 Å². The van der Waals surface area contributed by atoms with Gasteiger partial charge in [-0.1, -0.05) is 18.2 Å². The summed E-state index contributed by atoms with van der Waals surface area (Å²) in [5.41, 5.74) is 1.12. The maximum atomic E-state index is 11.5. The number of halogens is 1. The van der Waals surface area contributed by atoms with Crippen LogP contribution in [0.1, 0.15) is 18.4 Å². The molecule has 0 radical (unpaired) electrons. The van der Waals surface area contributed by atoms with Crippen molar-refractivity contribution in [1.82, 2.24) is 10.6 Å². The number of para-hydroxylation sites is 1. The molecule has 2 N–H and O–H groups in total. The number of amides is 1. The summed E-state index contributed by atoms with van der Waals surface area (Å²) >= 11 is 0. The lowest BCUT2D eigenvalue weighted by Gasteiger charge is -2.09. The molecule has 1 amide bonds. The number of ether oxygens (including phenoxy) is 1. The van der Waals surface area contributed by atoms with Gasteiger partial charge in [-0.05, 0) is 38.1 Å². The highest BCUT2D eigenvalue weighted by atomic mass is 35.5. The third-order valence-corrected chi connectivity index (χ3v) is 2.74. The highest BCUT2D eigenvalue weighted by molar-refractivity contribution is 5.85. The van der Waals surface area contributed by atoms with Crippen LogP contribution in [0.25, 0.3) is 0 Å². The number of nitrogens with one attached hydrogen (secondary N) is 2. The molecule has 0 fully saturated rings. The first kappa shape index (κ1) is 17.7. The molecule has 0 unspecified atom stereocenters. The molecule has 0 saturated carbocycles. The van der Waals surface area contributed by atoms with Crippen molar-refractivity contribution >= 4 is 18.3 Å². The van der Waals surface area contributed by atoms with Crippen molar-refractivity contribution in [2.45, 2.75) is 19.3 Å². The first-order valence-corrected chi connectivity index (χ1v) is 6.31. The quantitative estimate of drug-likeness (QED) is 0.716. The van der Waals surface area contributed by atoms with Gasteiger partial charge in [-0.25, -0.2) is 0 Å². The molecular formula is C14H23ClN2O2. The monoisotopic (exact) mass is 286 g/mol. The Bertz CT molecular complexity index is 372. The number of hydrogen-bond donors (Lipinski definition) is 2. The fraction of sp³-hybridized carbons (Fsp3) is 0.500. The third kappa shape index (κ3) is 7.03. The predicted octanol–water partition coefficient (Wildman–Crippen LogP) is 1.78. The highest BCUT2D eigenvalue weighted by Gasteiger charge is 2.03. The molecular weight excluding hydrogens is 264 g/mol. The lowest BCUT2D eigenvalue weighted by atomic mass is 10.1. The second-order valence-corrected chi connectivity index (χ2v) is 4.12. The summed E-state index contributed by atoms with van der Waals surface area (Å²) in [6.45, 7) is 1.53. The number of hydrogen-bond acceptors (Lipinski definition) is 3. The SMILES string of the molecule is CNCCCC(=O)NCCc1ccccc1OC.Cl. The molecule has 1 aromatic rings. The normalized spacial score (nSPS) is 9.58. The zero-order chi connectivity index (χ0) is 13.2. The Labute approximate surface area is 121 Å². The lowest BCUT2D eigenvalue weighted by molar-refractivity contribution is -0.121. The molecule has 108 valence electrons. The largest absolute Gasteiger partial charge is 0.496 e. The van der Waals surface area contributed by atoms with E-state index in [0.717, 1.165) is 30.7 Å². The number of carbonyl (C=O) groups is 1. The summed E-state index contributed by atoms with van der Waals surface area (Å²) in [6, 6.07) is 7.88. The zero-order valence-corrected chi connectivity index (χ0v) is 12.4. The van der Waals surface area contributed by atoms with Gasteiger partial charge in [0.25, 0.3) is 0 Å². The molecule has 0 spiro atoms. The molecule has 0 aliphatic rings. The number of methoxy groups -OCH3 is 1. The van der Waals surface area contributed by atoms with E-state index in [4.69, 9.17) is 4.74 Å². The van der Waals surface area contributed by atoms with E-state index in [1.165, 1.54) is 0 Å². The first-order valence-electron chi connectivity index (χ1n) is 6.31. The summed E-state index contributed by atoms with van der Waals surface area (Å²) in [5, 5.41) is 5.94. The fourth-order valence-corrected chi connectivity index (χ4v) is 1.76. The summed E-state index contributed by atoms with van der Waals surface area (Å²) in [4.78, 5) is 11.5. The average molecular weight is 287 g/mol. The molecule has 0 aliphatic carbocycles. The van der Waals surface area contributed by atoms with Crippen molar-refractivity contribution < 1.29 is 9.53 Å². The van der Waals surface area contributed by atoms with Crippen LogP contribution in [0.15, 0.2) is 24.3 Å². The van der Waals surface area contributed by atoms with E-state index in [0.29, 0.717) is 13.0 Å². The molecule has 0 aliphatic heterocycles. The Morgan fingerprint density at radius 2 is 2.00 bits per heavy atom. The number of carbonyl (C=O) groups excluding carboxylic acids is 1. The smallest absolute Gasteiger partial charge is 0.220 e. The van der Waals surface area contributed by atoms with Gasteiger partial charge >= 0.3 is 0 Å². The molecule has 0 aromatic heterocycles.